The zero-order valence-electron chi connectivity index (χ0n) is 11.3. The standard InChI is InChI=1S/C12H14BrClFNO4S/c1-7(6-20-2)5-16-12(17)9-3-8(15)4-10(11(9)13)21(14,18)19/h3-4,7H,5-6H2,1-2H3,(H,16,17). The molecule has 21 heavy (non-hydrogen) atoms. The Hall–Kier alpha value is -0.700. The minimum Gasteiger partial charge on any atom is -0.384 e. The highest BCUT2D eigenvalue weighted by Gasteiger charge is 2.22. The highest BCUT2D eigenvalue weighted by atomic mass is 79.9. The van der Waals surface area contributed by atoms with Gasteiger partial charge in [0.05, 0.1) is 16.6 Å². The maximum absolute atomic E-state index is 13.5. The fourth-order valence-corrected chi connectivity index (χ4v) is 3.88. The summed E-state index contributed by atoms with van der Waals surface area (Å²) in [6, 6.07) is 1.68. The van der Waals surface area contributed by atoms with Crippen LogP contribution >= 0.6 is 26.6 Å². The molecule has 0 heterocycles. The topological polar surface area (TPSA) is 72.5 Å². The third-order valence-corrected chi connectivity index (χ3v) is 5.04. The molecular weight excluding hydrogens is 389 g/mol. The van der Waals surface area contributed by atoms with Crippen molar-refractivity contribution in [3.8, 4) is 0 Å². The van der Waals surface area contributed by atoms with Gasteiger partial charge in [-0.1, -0.05) is 6.92 Å². The van der Waals surface area contributed by atoms with Crippen LogP contribution in [0.5, 0.6) is 0 Å². The van der Waals surface area contributed by atoms with Gasteiger partial charge in [-0.05, 0) is 34.0 Å². The molecule has 1 N–H and O–H groups in total. The van der Waals surface area contributed by atoms with E-state index in [4.69, 9.17) is 15.4 Å². The molecule has 9 heteroatoms. The Morgan fingerprint density at radius 3 is 2.67 bits per heavy atom. The molecule has 0 fully saturated rings. The summed E-state index contributed by atoms with van der Waals surface area (Å²) in [5.41, 5.74) is -0.140. The monoisotopic (exact) mass is 401 g/mol. The van der Waals surface area contributed by atoms with Crippen molar-refractivity contribution in [2.45, 2.75) is 11.8 Å². The number of nitrogens with one attached hydrogen (secondary N) is 1. The minimum atomic E-state index is -4.17. The number of carbonyl (C=O) groups excluding carboxylic acids is 1. The van der Waals surface area contributed by atoms with Gasteiger partial charge in [0.2, 0.25) is 0 Å². The predicted molar refractivity (Wildman–Crippen MR) is 80.5 cm³/mol. The first kappa shape index (κ1) is 18.3. The summed E-state index contributed by atoms with van der Waals surface area (Å²) in [6.45, 7) is 2.61. The number of hydrogen-bond donors (Lipinski definition) is 1. The van der Waals surface area contributed by atoms with E-state index in [1.807, 2.05) is 6.92 Å². The number of amides is 1. The van der Waals surface area contributed by atoms with Gasteiger partial charge >= 0.3 is 0 Å². The number of carbonyl (C=O) groups is 1. The van der Waals surface area contributed by atoms with Gasteiger partial charge in [0.1, 0.15) is 10.7 Å². The molecule has 1 unspecified atom stereocenters. The first-order valence-electron chi connectivity index (χ1n) is 5.87. The van der Waals surface area contributed by atoms with Crippen molar-refractivity contribution in [1.29, 1.82) is 0 Å². The minimum absolute atomic E-state index is 0.0579. The zero-order chi connectivity index (χ0) is 16.2. The number of ether oxygens (including phenoxy) is 1. The predicted octanol–water partition coefficient (Wildman–Crippen LogP) is 2.53. The lowest BCUT2D eigenvalue weighted by molar-refractivity contribution is 0.0932. The summed E-state index contributed by atoms with van der Waals surface area (Å²) in [7, 11) is 2.58. The lowest BCUT2D eigenvalue weighted by Crippen LogP contribution is -2.30. The van der Waals surface area contributed by atoms with Crippen LogP contribution in [0.4, 0.5) is 4.39 Å². The molecule has 1 rings (SSSR count). The molecule has 0 aliphatic carbocycles. The SMILES string of the molecule is COCC(C)CNC(=O)c1cc(F)cc(S(=O)(=O)Cl)c1Br. The van der Waals surface area contributed by atoms with Crippen molar-refractivity contribution in [3.63, 3.8) is 0 Å². The maximum Gasteiger partial charge on any atom is 0.262 e. The number of methoxy groups -OCH3 is 1. The van der Waals surface area contributed by atoms with Crippen LogP contribution in [0, 0.1) is 11.7 Å². The number of hydrogen-bond acceptors (Lipinski definition) is 4. The highest BCUT2D eigenvalue weighted by molar-refractivity contribution is 9.10. The van der Waals surface area contributed by atoms with Gasteiger partial charge in [0.15, 0.2) is 0 Å². The molecule has 1 aromatic carbocycles. The average molecular weight is 403 g/mol. The van der Waals surface area contributed by atoms with E-state index in [0.29, 0.717) is 13.2 Å². The Kier molecular flexibility index (Phi) is 6.58. The Labute approximate surface area is 135 Å². The molecule has 1 aromatic rings. The Bertz CT molecular complexity index is 638. The van der Waals surface area contributed by atoms with Gasteiger partial charge in [-0.2, -0.15) is 0 Å². The highest BCUT2D eigenvalue weighted by Crippen LogP contribution is 2.29. The summed E-state index contributed by atoms with van der Waals surface area (Å²) in [6.07, 6.45) is 0. The van der Waals surface area contributed by atoms with E-state index in [1.54, 1.807) is 7.11 Å². The molecule has 0 radical (unpaired) electrons. The lowest BCUT2D eigenvalue weighted by atomic mass is 10.1. The van der Waals surface area contributed by atoms with Crippen molar-refractivity contribution in [1.82, 2.24) is 5.32 Å². The van der Waals surface area contributed by atoms with E-state index in [2.05, 4.69) is 21.2 Å². The fraction of sp³-hybridized carbons (Fsp3) is 0.417. The van der Waals surface area contributed by atoms with Crippen LogP contribution in [0.1, 0.15) is 17.3 Å². The Morgan fingerprint density at radius 2 is 2.14 bits per heavy atom. The van der Waals surface area contributed by atoms with Crippen LogP contribution in [0.2, 0.25) is 0 Å². The van der Waals surface area contributed by atoms with E-state index >= 15 is 0 Å². The summed E-state index contributed by atoms with van der Waals surface area (Å²) in [5.74, 6) is -1.42. The quantitative estimate of drug-likeness (QED) is 0.742. The van der Waals surface area contributed by atoms with Crippen molar-refractivity contribution in [2.75, 3.05) is 20.3 Å². The Balaban J connectivity index is 3.03. The van der Waals surface area contributed by atoms with Crippen LogP contribution in [0.3, 0.4) is 0 Å². The second-order valence-electron chi connectivity index (χ2n) is 4.47. The van der Waals surface area contributed by atoms with Crippen LogP contribution in [-0.2, 0) is 13.8 Å². The number of benzene rings is 1. The van der Waals surface area contributed by atoms with Crippen molar-refractivity contribution in [2.24, 2.45) is 5.92 Å². The molecule has 5 nitrogen and oxygen atoms in total. The van der Waals surface area contributed by atoms with Crippen LogP contribution in [0.15, 0.2) is 21.5 Å². The molecule has 0 aliphatic heterocycles. The summed E-state index contributed by atoms with van der Waals surface area (Å²) < 4.78 is 41.0. The third-order valence-electron chi connectivity index (χ3n) is 2.57. The lowest BCUT2D eigenvalue weighted by Gasteiger charge is -2.13. The van der Waals surface area contributed by atoms with Crippen LogP contribution < -0.4 is 5.32 Å². The second-order valence-corrected chi connectivity index (χ2v) is 7.80. The summed E-state index contributed by atoms with van der Waals surface area (Å²) in [4.78, 5) is 11.5. The van der Waals surface area contributed by atoms with Crippen LogP contribution in [-0.4, -0.2) is 34.6 Å². The van der Waals surface area contributed by atoms with Gasteiger partial charge in [-0.3, -0.25) is 4.79 Å². The molecule has 0 bridgehead atoms. The van der Waals surface area contributed by atoms with Gasteiger partial charge < -0.3 is 10.1 Å². The largest absolute Gasteiger partial charge is 0.384 e. The summed E-state index contributed by atoms with van der Waals surface area (Å²) >= 11 is 2.97. The molecule has 0 aromatic heterocycles. The fourth-order valence-electron chi connectivity index (χ4n) is 1.61. The molecule has 0 spiro atoms. The molecule has 0 saturated heterocycles. The number of halogens is 3. The van der Waals surface area contributed by atoms with E-state index in [0.717, 1.165) is 12.1 Å². The molecule has 0 saturated carbocycles. The average Bonchev–Trinajstić information content (AvgIpc) is 2.37. The van der Waals surface area contributed by atoms with Crippen LogP contribution in [0.25, 0.3) is 0 Å². The molecular formula is C12H14BrClFNO4S. The van der Waals surface area contributed by atoms with Crippen molar-refractivity contribution >= 4 is 41.6 Å². The normalized spacial score (nSPS) is 13.0. The maximum atomic E-state index is 13.5. The second kappa shape index (κ2) is 7.53. The zero-order valence-corrected chi connectivity index (χ0v) is 14.5. The van der Waals surface area contributed by atoms with Crippen molar-refractivity contribution < 1.29 is 22.3 Å². The van der Waals surface area contributed by atoms with Gasteiger partial charge in [-0.15, -0.1) is 0 Å². The van der Waals surface area contributed by atoms with E-state index in [9.17, 15) is 17.6 Å². The number of rotatable bonds is 6. The smallest absolute Gasteiger partial charge is 0.262 e. The molecule has 118 valence electrons. The van der Waals surface area contributed by atoms with Crippen molar-refractivity contribution in [3.05, 3.63) is 28.0 Å². The first-order chi connectivity index (χ1) is 9.66. The van der Waals surface area contributed by atoms with E-state index < -0.39 is 25.7 Å². The van der Waals surface area contributed by atoms with Gasteiger partial charge in [0, 0.05) is 24.3 Å². The van der Waals surface area contributed by atoms with E-state index in [-0.39, 0.29) is 16.0 Å². The van der Waals surface area contributed by atoms with Gasteiger partial charge in [-0.25, -0.2) is 12.8 Å². The molecule has 0 aliphatic rings. The van der Waals surface area contributed by atoms with Gasteiger partial charge in [0.25, 0.3) is 15.0 Å². The third kappa shape index (κ3) is 5.21. The first-order valence-corrected chi connectivity index (χ1v) is 8.98. The Morgan fingerprint density at radius 1 is 1.52 bits per heavy atom. The van der Waals surface area contributed by atoms with E-state index in [1.165, 1.54) is 0 Å². The molecule has 1 atom stereocenters. The molecule has 1 amide bonds. The summed E-state index contributed by atoms with van der Waals surface area (Å²) in [5, 5.41) is 2.58.